The summed E-state index contributed by atoms with van der Waals surface area (Å²) >= 11 is 5.82. The number of hydrogen-bond donors (Lipinski definition) is 0. The number of aromatic nitrogens is 3. The van der Waals surface area contributed by atoms with Crippen molar-refractivity contribution in [2.75, 3.05) is 6.61 Å². The van der Waals surface area contributed by atoms with Crippen molar-refractivity contribution in [3.8, 4) is 11.8 Å². The van der Waals surface area contributed by atoms with Crippen LogP contribution in [0.1, 0.15) is 31.2 Å². The third kappa shape index (κ3) is 4.20. The molecule has 0 fully saturated rings. The molecule has 1 aromatic heterocycles. The van der Waals surface area contributed by atoms with Gasteiger partial charge in [-0.3, -0.25) is 0 Å². The first-order valence-electron chi connectivity index (χ1n) is 6.95. The van der Waals surface area contributed by atoms with E-state index in [1.165, 1.54) is 0 Å². The minimum atomic E-state index is 0.426. The zero-order valence-electron chi connectivity index (χ0n) is 11.9. The molecular weight excluding hydrogens is 288 g/mol. The van der Waals surface area contributed by atoms with Gasteiger partial charge in [0.2, 0.25) is 0 Å². The Morgan fingerprint density at radius 3 is 2.76 bits per heavy atom. The summed E-state index contributed by atoms with van der Waals surface area (Å²) in [4.78, 5) is 0. The lowest BCUT2D eigenvalue weighted by Crippen LogP contribution is -2.09. The summed E-state index contributed by atoms with van der Waals surface area (Å²) in [5.74, 6) is 0.796. The van der Waals surface area contributed by atoms with Gasteiger partial charge in [-0.1, -0.05) is 30.2 Å². The Bertz CT molecular complexity index is 616. The minimum Gasteiger partial charge on any atom is -0.494 e. The smallest absolute Gasteiger partial charge is 0.185 e. The van der Waals surface area contributed by atoms with Crippen LogP contribution in [0.4, 0.5) is 0 Å². The second kappa shape index (κ2) is 7.65. The predicted molar refractivity (Wildman–Crippen MR) is 80.3 cm³/mol. The van der Waals surface area contributed by atoms with E-state index in [0.717, 1.165) is 30.7 Å². The third-order valence-electron chi connectivity index (χ3n) is 3.03. The number of nitriles is 1. The van der Waals surface area contributed by atoms with E-state index in [4.69, 9.17) is 21.6 Å². The molecule has 5 nitrogen and oxygen atoms in total. The van der Waals surface area contributed by atoms with Crippen molar-refractivity contribution in [3.05, 3.63) is 40.7 Å². The van der Waals surface area contributed by atoms with Gasteiger partial charge in [-0.2, -0.15) is 5.26 Å². The van der Waals surface area contributed by atoms with Crippen LogP contribution in [0, 0.1) is 11.3 Å². The maximum Gasteiger partial charge on any atom is 0.185 e. The predicted octanol–water partition coefficient (Wildman–Crippen LogP) is 3.22. The molecule has 0 unspecified atom stereocenters. The summed E-state index contributed by atoms with van der Waals surface area (Å²) in [5.41, 5.74) is 1.34. The largest absolute Gasteiger partial charge is 0.494 e. The van der Waals surface area contributed by atoms with Gasteiger partial charge < -0.3 is 4.74 Å². The highest BCUT2D eigenvalue weighted by Gasteiger charge is 2.11. The van der Waals surface area contributed by atoms with Gasteiger partial charge in [-0.05, 0) is 30.7 Å². The van der Waals surface area contributed by atoms with Gasteiger partial charge in [0.25, 0.3) is 0 Å². The van der Waals surface area contributed by atoms with Crippen molar-refractivity contribution < 1.29 is 4.74 Å². The lowest BCUT2D eigenvalue weighted by Gasteiger charge is -2.08. The first-order chi connectivity index (χ1) is 10.2. The Labute approximate surface area is 129 Å². The monoisotopic (exact) mass is 304 g/mol. The summed E-state index contributed by atoms with van der Waals surface area (Å²) in [6.07, 6.45) is 2.57. The van der Waals surface area contributed by atoms with Crippen molar-refractivity contribution in [3.63, 3.8) is 0 Å². The van der Waals surface area contributed by atoms with Crippen molar-refractivity contribution >= 4 is 11.6 Å². The first-order valence-corrected chi connectivity index (χ1v) is 7.33. The first kappa shape index (κ1) is 15.3. The lowest BCUT2D eigenvalue weighted by atomic mass is 10.2. The summed E-state index contributed by atoms with van der Waals surface area (Å²) in [6, 6.07) is 9.36. The Balaban J connectivity index is 1.85. The molecule has 110 valence electrons. The molecule has 0 atom stereocenters. The highest BCUT2D eigenvalue weighted by Crippen LogP contribution is 2.15. The zero-order chi connectivity index (χ0) is 15.1. The average Bonchev–Trinajstić information content (AvgIpc) is 2.88. The normalized spacial score (nSPS) is 10.3. The maximum absolute atomic E-state index is 9.00. The van der Waals surface area contributed by atoms with Gasteiger partial charge in [0.1, 0.15) is 11.8 Å². The topological polar surface area (TPSA) is 63.7 Å². The number of halogens is 1. The van der Waals surface area contributed by atoms with Crippen molar-refractivity contribution in [1.29, 1.82) is 5.26 Å². The summed E-state index contributed by atoms with van der Waals surface area (Å²) in [5, 5.41) is 17.6. The summed E-state index contributed by atoms with van der Waals surface area (Å²) in [6.45, 7) is 3.34. The molecule has 2 rings (SSSR count). The van der Waals surface area contributed by atoms with Crippen LogP contribution in [-0.4, -0.2) is 21.6 Å². The van der Waals surface area contributed by atoms with Crippen LogP contribution in [-0.2, 0) is 13.0 Å². The molecular formula is C15H17ClN4O. The van der Waals surface area contributed by atoms with Crippen LogP contribution < -0.4 is 4.74 Å². The Morgan fingerprint density at radius 2 is 2.10 bits per heavy atom. The SMILES string of the molecule is CCCc1c(C#N)nnn1CCCOc1ccc(Cl)cc1. The fraction of sp³-hybridized carbons (Fsp3) is 0.400. The van der Waals surface area contributed by atoms with E-state index in [2.05, 4.69) is 23.3 Å². The summed E-state index contributed by atoms with van der Waals surface area (Å²) < 4.78 is 7.43. The number of aryl methyl sites for hydroxylation is 1. The number of ether oxygens (including phenoxy) is 1. The highest BCUT2D eigenvalue weighted by molar-refractivity contribution is 6.30. The van der Waals surface area contributed by atoms with Crippen LogP contribution in [0.3, 0.4) is 0 Å². The molecule has 0 aliphatic rings. The molecule has 21 heavy (non-hydrogen) atoms. The number of hydrogen-bond acceptors (Lipinski definition) is 4. The summed E-state index contributed by atoms with van der Waals surface area (Å²) in [7, 11) is 0. The van der Waals surface area contributed by atoms with E-state index in [-0.39, 0.29) is 0 Å². The van der Waals surface area contributed by atoms with Crippen molar-refractivity contribution in [2.45, 2.75) is 32.7 Å². The second-order valence-corrected chi connectivity index (χ2v) is 5.06. The molecule has 0 aliphatic carbocycles. The molecule has 0 radical (unpaired) electrons. The maximum atomic E-state index is 9.00. The van der Waals surface area contributed by atoms with Crippen molar-refractivity contribution in [2.24, 2.45) is 0 Å². The van der Waals surface area contributed by atoms with E-state index < -0.39 is 0 Å². The zero-order valence-corrected chi connectivity index (χ0v) is 12.7. The van der Waals surface area contributed by atoms with Crippen molar-refractivity contribution in [1.82, 2.24) is 15.0 Å². The van der Waals surface area contributed by atoms with E-state index in [9.17, 15) is 0 Å². The van der Waals surface area contributed by atoms with Crippen LogP contribution >= 0.6 is 11.6 Å². The van der Waals surface area contributed by atoms with E-state index >= 15 is 0 Å². The van der Waals surface area contributed by atoms with E-state index in [1.807, 2.05) is 12.1 Å². The minimum absolute atomic E-state index is 0.426. The number of nitrogens with zero attached hydrogens (tertiary/aromatic N) is 4. The van der Waals surface area contributed by atoms with Crippen LogP contribution in [0.25, 0.3) is 0 Å². The van der Waals surface area contributed by atoms with Crippen LogP contribution in [0.2, 0.25) is 5.02 Å². The fourth-order valence-corrected chi connectivity index (χ4v) is 2.14. The Hall–Kier alpha value is -2.06. The van der Waals surface area contributed by atoms with Gasteiger partial charge in [0.05, 0.1) is 12.3 Å². The standard InChI is InChI=1S/C15H17ClN4O/c1-2-4-15-14(11-17)18-19-20(15)9-3-10-21-13-7-5-12(16)6-8-13/h5-8H,2-4,9-10H2,1H3. The molecule has 0 saturated heterocycles. The molecule has 0 saturated carbocycles. The average molecular weight is 305 g/mol. The quantitative estimate of drug-likeness (QED) is 0.737. The molecule has 0 amide bonds. The van der Waals surface area contributed by atoms with Gasteiger partial charge in [0, 0.05) is 18.0 Å². The van der Waals surface area contributed by atoms with E-state index in [1.54, 1.807) is 16.8 Å². The van der Waals surface area contributed by atoms with E-state index in [0.29, 0.717) is 23.9 Å². The number of benzene rings is 1. The Morgan fingerprint density at radius 1 is 1.33 bits per heavy atom. The fourth-order valence-electron chi connectivity index (χ4n) is 2.02. The van der Waals surface area contributed by atoms with Crippen LogP contribution in [0.15, 0.2) is 24.3 Å². The molecule has 1 heterocycles. The molecule has 1 aromatic carbocycles. The molecule has 6 heteroatoms. The molecule has 2 aromatic rings. The lowest BCUT2D eigenvalue weighted by molar-refractivity contribution is 0.297. The number of rotatable bonds is 7. The Kier molecular flexibility index (Phi) is 5.59. The molecule has 0 aliphatic heterocycles. The van der Waals surface area contributed by atoms with Gasteiger partial charge >= 0.3 is 0 Å². The van der Waals surface area contributed by atoms with Gasteiger partial charge in [0.15, 0.2) is 5.69 Å². The third-order valence-corrected chi connectivity index (χ3v) is 3.28. The van der Waals surface area contributed by atoms with Gasteiger partial charge in [-0.15, -0.1) is 5.10 Å². The molecule has 0 bridgehead atoms. The highest BCUT2D eigenvalue weighted by atomic mass is 35.5. The van der Waals surface area contributed by atoms with Crippen LogP contribution in [0.5, 0.6) is 5.75 Å². The second-order valence-electron chi connectivity index (χ2n) is 4.63. The molecule has 0 spiro atoms. The molecule has 0 N–H and O–H groups in total. The van der Waals surface area contributed by atoms with Gasteiger partial charge in [-0.25, -0.2) is 4.68 Å².